The van der Waals surface area contributed by atoms with Crippen molar-refractivity contribution in [3.8, 4) is 5.75 Å². The van der Waals surface area contributed by atoms with Crippen molar-refractivity contribution in [1.29, 1.82) is 0 Å². The first-order chi connectivity index (χ1) is 8.60. The Labute approximate surface area is 108 Å². The molecule has 0 amide bonds. The molecule has 18 heavy (non-hydrogen) atoms. The van der Waals surface area contributed by atoms with Crippen LogP contribution in [-0.2, 0) is 0 Å². The lowest BCUT2D eigenvalue weighted by Gasteiger charge is -2.07. The number of aromatic hydroxyl groups is 1. The lowest BCUT2D eigenvalue weighted by atomic mass is 10.3. The third-order valence-electron chi connectivity index (χ3n) is 1.84. The first kappa shape index (κ1) is 14.2. The van der Waals surface area contributed by atoms with Crippen molar-refractivity contribution in [2.75, 3.05) is 0 Å². The molecule has 0 fully saturated rings. The minimum Gasteiger partial charge on any atom is -0.505 e. The number of nitrogens with zero attached hydrogens (tertiary/aromatic N) is 1. The van der Waals surface area contributed by atoms with Gasteiger partial charge in [0.15, 0.2) is 11.6 Å². The Bertz CT molecular complexity index is 501. The maximum Gasteiger partial charge on any atom is 0.201 e. The largest absolute Gasteiger partial charge is 0.505 e. The van der Waals surface area contributed by atoms with Gasteiger partial charge in [-0.05, 0) is 37.1 Å². The molecule has 1 aromatic carbocycles. The van der Waals surface area contributed by atoms with E-state index in [9.17, 15) is 8.78 Å². The van der Waals surface area contributed by atoms with Gasteiger partial charge in [-0.15, -0.1) is 0 Å². The van der Waals surface area contributed by atoms with Gasteiger partial charge in [0.05, 0.1) is 4.90 Å². The summed E-state index contributed by atoms with van der Waals surface area (Å²) in [6, 6.07) is 2.36. The zero-order valence-corrected chi connectivity index (χ0v) is 10.5. The van der Waals surface area contributed by atoms with E-state index < -0.39 is 17.4 Å². The van der Waals surface area contributed by atoms with Crippen molar-refractivity contribution in [3.05, 3.63) is 48.3 Å². The molecule has 0 aliphatic heterocycles. The highest BCUT2D eigenvalue weighted by Gasteiger charge is 2.13. The molecular formula is C12H12F2N2OS. The summed E-state index contributed by atoms with van der Waals surface area (Å²) in [4.78, 5) is 3.99. The summed E-state index contributed by atoms with van der Waals surface area (Å²) in [6.07, 6.45) is 4.65. The molecule has 0 aliphatic carbocycles. The Morgan fingerprint density at radius 3 is 2.78 bits per heavy atom. The summed E-state index contributed by atoms with van der Waals surface area (Å²) in [6.45, 7) is 5.24. The smallest absolute Gasteiger partial charge is 0.201 e. The monoisotopic (exact) mass is 270 g/mol. The molecule has 0 spiro atoms. The molecule has 0 aromatic heterocycles. The van der Waals surface area contributed by atoms with Crippen molar-refractivity contribution >= 4 is 18.2 Å². The minimum absolute atomic E-state index is 0.0200. The van der Waals surface area contributed by atoms with E-state index in [1.54, 1.807) is 19.2 Å². The minimum atomic E-state index is -1.27. The molecule has 1 rings (SSSR count). The zero-order valence-electron chi connectivity index (χ0n) is 9.65. The van der Waals surface area contributed by atoms with Crippen LogP contribution in [0.5, 0.6) is 5.75 Å². The lowest BCUT2D eigenvalue weighted by molar-refractivity contribution is 0.401. The highest BCUT2D eigenvalue weighted by Crippen LogP contribution is 2.27. The molecule has 0 heterocycles. The van der Waals surface area contributed by atoms with Crippen LogP contribution in [0.3, 0.4) is 0 Å². The number of allylic oxidation sites excluding steroid dienone is 2. The van der Waals surface area contributed by atoms with E-state index in [1.165, 1.54) is 12.1 Å². The number of rotatable bonds is 5. The normalized spacial score (nSPS) is 11.8. The highest BCUT2D eigenvalue weighted by atomic mass is 32.2. The van der Waals surface area contributed by atoms with Gasteiger partial charge in [0.2, 0.25) is 5.82 Å². The van der Waals surface area contributed by atoms with Gasteiger partial charge in [0, 0.05) is 6.21 Å². The van der Waals surface area contributed by atoms with Gasteiger partial charge in [0.1, 0.15) is 5.82 Å². The second kappa shape index (κ2) is 6.80. The average molecular weight is 270 g/mol. The van der Waals surface area contributed by atoms with Crippen molar-refractivity contribution < 1.29 is 13.9 Å². The molecule has 96 valence electrons. The van der Waals surface area contributed by atoms with Crippen LogP contribution in [0.15, 0.2) is 46.6 Å². The summed E-state index contributed by atoms with van der Waals surface area (Å²) < 4.78 is 29.2. The van der Waals surface area contributed by atoms with E-state index in [1.807, 2.05) is 0 Å². The Balaban J connectivity index is 2.83. The van der Waals surface area contributed by atoms with Gasteiger partial charge in [-0.25, -0.2) is 9.38 Å². The van der Waals surface area contributed by atoms with E-state index in [2.05, 4.69) is 16.3 Å². The van der Waals surface area contributed by atoms with Crippen LogP contribution < -0.4 is 4.72 Å². The summed E-state index contributed by atoms with van der Waals surface area (Å²) in [7, 11) is 0. The van der Waals surface area contributed by atoms with E-state index in [0.717, 1.165) is 18.0 Å². The van der Waals surface area contributed by atoms with Crippen LogP contribution in [0.4, 0.5) is 8.78 Å². The summed E-state index contributed by atoms with van der Waals surface area (Å²) in [5.74, 6) is -2.64. The van der Waals surface area contributed by atoms with E-state index in [0.29, 0.717) is 5.82 Å². The van der Waals surface area contributed by atoms with Crippen molar-refractivity contribution in [2.45, 2.75) is 11.8 Å². The average Bonchev–Trinajstić information content (AvgIpc) is 2.35. The first-order valence-electron chi connectivity index (χ1n) is 5.01. The zero-order chi connectivity index (χ0) is 13.5. The Kier molecular flexibility index (Phi) is 5.38. The molecule has 0 bridgehead atoms. The van der Waals surface area contributed by atoms with Crippen molar-refractivity contribution in [3.63, 3.8) is 0 Å². The van der Waals surface area contributed by atoms with Crippen molar-refractivity contribution in [1.82, 2.24) is 4.72 Å². The van der Waals surface area contributed by atoms with Crippen LogP contribution in [0, 0.1) is 11.6 Å². The molecule has 0 radical (unpaired) electrons. The number of hydrogen-bond donors (Lipinski definition) is 2. The molecule has 0 atom stereocenters. The quantitative estimate of drug-likeness (QED) is 0.490. The first-order valence-corrected chi connectivity index (χ1v) is 5.83. The third kappa shape index (κ3) is 3.59. The fraction of sp³-hybridized carbons (Fsp3) is 0.0833. The molecule has 0 unspecified atom stereocenters. The summed E-state index contributed by atoms with van der Waals surface area (Å²) in [5.41, 5.74) is 0. The van der Waals surface area contributed by atoms with Crippen LogP contribution in [0.1, 0.15) is 6.92 Å². The summed E-state index contributed by atoms with van der Waals surface area (Å²) in [5, 5.41) is 8.98. The van der Waals surface area contributed by atoms with Gasteiger partial charge in [-0.3, -0.25) is 0 Å². The van der Waals surface area contributed by atoms with E-state index in [-0.39, 0.29) is 4.90 Å². The number of phenolic OH excluding ortho intramolecular Hbond substituents is 1. The lowest BCUT2D eigenvalue weighted by Crippen LogP contribution is -2.02. The van der Waals surface area contributed by atoms with Gasteiger partial charge < -0.3 is 9.83 Å². The molecule has 0 aliphatic rings. The predicted octanol–water partition coefficient (Wildman–Crippen LogP) is 3.39. The molecule has 0 saturated heterocycles. The molecule has 3 nitrogen and oxygen atoms in total. The van der Waals surface area contributed by atoms with Crippen LogP contribution >= 0.6 is 11.9 Å². The molecule has 0 saturated carbocycles. The standard InChI is InChI=1S/C12H12F2N2OS/c1-3-5-10(15-4-2)16-18-9-7-6-8(17)11(13)12(9)14/h3-7,16-17H,1H2,2H3/b10-5+,15-4-. The number of phenols is 1. The van der Waals surface area contributed by atoms with Crippen LogP contribution in [0.25, 0.3) is 0 Å². The number of benzene rings is 1. The van der Waals surface area contributed by atoms with Gasteiger partial charge >= 0.3 is 0 Å². The molecule has 1 aromatic rings. The second-order valence-corrected chi connectivity index (χ2v) is 3.94. The van der Waals surface area contributed by atoms with Crippen LogP contribution in [0.2, 0.25) is 0 Å². The fourth-order valence-electron chi connectivity index (χ4n) is 1.06. The van der Waals surface area contributed by atoms with Gasteiger partial charge in [-0.2, -0.15) is 4.39 Å². The number of halogens is 2. The highest BCUT2D eigenvalue weighted by molar-refractivity contribution is 7.97. The SMILES string of the molecule is C=C/C=C(\N=C/C)NSc1ccc(O)c(F)c1F. The second-order valence-electron chi connectivity index (χ2n) is 3.09. The molecule has 2 N–H and O–H groups in total. The number of hydrogen-bond acceptors (Lipinski definition) is 4. The summed E-state index contributed by atoms with van der Waals surface area (Å²) >= 11 is 0.852. The van der Waals surface area contributed by atoms with E-state index in [4.69, 9.17) is 5.11 Å². The van der Waals surface area contributed by atoms with Gasteiger partial charge in [-0.1, -0.05) is 12.7 Å². The topological polar surface area (TPSA) is 44.6 Å². The number of nitrogens with one attached hydrogen (secondary N) is 1. The van der Waals surface area contributed by atoms with Crippen LogP contribution in [-0.4, -0.2) is 11.3 Å². The Hall–Kier alpha value is -1.82. The number of aliphatic imine (C=N–C) groups is 1. The fourth-order valence-corrected chi connectivity index (χ4v) is 1.71. The van der Waals surface area contributed by atoms with E-state index >= 15 is 0 Å². The molecular weight excluding hydrogens is 258 g/mol. The molecule has 6 heteroatoms. The maximum absolute atomic E-state index is 13.4. The van der Waals surface area contributed by atoms with Gasteiger partial charge in [0.25, 0.3) is 0 Å². The third-order valence-corrected chi connectivity index (χ3v) is 2.68. The maximum atomic E-state index is 13.4. The van der Waals surface area contributed by atoms with Crippen molar-refractivity contribution in [2.24, 2.45) is 4.99 Å². The Morgan fingerprint density at radius 1 is 1.44 bits per heavy atom. The predicted molar refractivity (Wildman–Crippen MR) is 69.5 cm³/mol. The Morgan fingerprint density at radius 2 is 2.17 bits per heavy atom.